The van der Waals surface area contributed by atoms with Crippen molar-refractivity contribution in [1.82, 2.24) is 14.5 Å². The summed E-state index contributed by atoms with van der Waals surface area (Å²) in [4.78, 5) is 19.8. The maximum absolute atomic E-state index is 11.2. The highest BCUT2D eigenvalue weighted by Gasteiger charge is 2.08. The minimum Gasteiger partial charge on any atom is -0.366 e. The lowest BCUT2D eigenvalue weighted by Gasteiger charge is -2.08. The summed E-state index contributed by atoms with van der Waals surface area (Å²) < 4.78 is 1.86. The summed E-state index contributed by atoms with van der Waals surface area (Å²) >= 11 is 0. The van der Waals surface area contributed by atoms with E-state index in [1.54, 1.807) is 18.3 Å². The zero-order chi connectivity index (χ0) is 12.4. The van der Waals surface area contributed by atoms with E-state index < -0.39 is 5.91 Å². The van der Waals surface area contributed by atoms with E-state index in [4.69, 9.17) is 5.73 Å². The van der Waals surface area contributed by atoms with Crippen LogP contribution in [0.15, 0.2) is 24.5 Å². The summed E-state index contributed by atoms with van der Waals surface area (Å²) in [5, 5.41) is 0. The fourth-order valence-corrected chi connectivity index (χ4v) is 1.72. The Labute approximate surface area is 99.3 Å². The summed E-state index contributed by atoms with van der Waals surface area (Å²) in [6.45, 7) is 3.85. The van der Waals surface area contributed by atoms with Crippen LogP contribution in [0.1, 0.15) is 28.8 Å². The minimum absolute atomic E-state index is 0.449. The van der Waals surface area contributed by atoms with Crippen molar-refractivity contribution < 1.29 is 4.79 Å². The molecule has 17 heavy (non-hydrogen) atoms. The Hall–Kier alpha value is -2.17. The first-order chi connectivity index (χ1) is 8.11. The van der Waals surface area contributed by atoms with E-state index in [-0.39, 0.29) is 0 Å². The number of hydrogen-bond donors (Lipinski definition) is 1. The second kappa shape index (κ2) is 4.37. The monoisotopic (exact) mass is 230 g/mol. The van der Waals surface area contributed by atoms with Crippen molar-refractivity contribution in [2.45, 2.75) is 20.3 Å². The van der Waals surface area contributed by atoms with E-state index in [2.05, 4.69) is 9.97 Å². The maximum atomic E-state index is 11.2. The van der Waals surface area contributed by atoms with Gasteiger partial charge in [-0.05, 0) is 19.1 Å². The summed E-state index contributed by atoms with van der Waals surface area (Å²) in [5.41, 5.74) is 6.50. The highest BCUT2D eigenvalue weighted by Crippen LogP contribution is 2.12. The van der Waals surface area contributed by atoms with Crippen molar-refractivity contribution in [3.05, 3.63) is 41.6 Å². The molecule has 0 spiro atoms. The molecule has 2 heterocycles. The van der Waals surface area contributed by atoms with Gasteiger partial charge in [0.15, 0.2) is 0 Å². The number of carbonyl (C=O) groups excluding carboxylic acids is 1. The molecule has 0 unspecified atom stereocenters. The molecule has 2 rings (SSSR count). The van der Waals surface area contributed by atoms with E-state index in [9.17, 15) is 4.79 Å². The minimum atomic E-state index is -0.449. The zero-order valence-electron chi connectivity index (χ0n) is 9.84. The Balaban J connectivity index is 2.56. The van der Waals surface area contributed by atoms with Crippen LogP contribution in [-0.2, 0) is 6.42 Å². The molecule has 0 aromatic carbocycles. The van der Waals surface area contributed by atoms with Crippen molar-refractivity contribution in [3.8, 4) is 5.82 Å². The Bertz CT molecular complexity index is 559. The molecule has 0 saturated carbocycles. The van der Waals surface area contributed by atoms with Gasteiger partial charge in [0.1, 0.15) is 11.6 Å². The third-order valence-corrected chi connectivity index (χ3v) is 2.50. The maximum Gasteiger partial charge on any atom is 0.248 e. The number of pyridine rings is 1. The molecule has 88 valence electrons. The largest absolute Gasteiger partial charge is 0.366 e. The predicted molar refractivity (Wildman–Crippen MR) is 64.0 cm³/mol. The van der Waals surface area contributed by atoms with Crippen LogP contribution >= 0.6 is 0 Å². The third-order valence-electron chi connectivity index (χ3n) is 2.50. The first-order valence-corrected chi connectivity index (χ1v) is 5.43. The molecule has 2 N–H and O–H groups in total. The van der Waals surface area contributed by atoms with E-state index in [1.807, 2.05) is 24.6 Å². The van der Waals surface area contributed by atoms with Gasteiger partial charge in [-0.1, -0.05) is 6.92 Å². The number of nitrogens with two attached hydrogens (primary N) is 1. The van der Waals surface area contributed by atoms with Crippen LogP contribution in [0.25, 0.3) is 5.82 Å². The molecule has 0 radical (unpaired) electrons. The van der Waals surface area contributed by atoms with Crippen LogP contribution < -0.4 is 5.73 Å². The van der Waals surface area contributed by atoms with Gasteiger partial charge in [-0.2, -0.15) is 0 Å². The van der Waals surface area contributed by atoms with Gasteiger partial charge < -0.3 is 5.73 Å². The van der Waals surface area contributed by atoms with Gasteiger partial charge in [-0.3, -0.25) is 9.36 Å². The summed E-state index contributed by atoms with van der Waals surface area (Å²) in [6.07, 6.45) is 4.34. The van der Waals surface area contributed by atoms with E-state index >= 15 is 0 Å². The molecule has 0 fully saturated rings. The van der Waals surface area contributed by atoms with Crippen LogP contribution in [0, 0.1) is 6.92 Å². The van der Waals surface area contributed by atoms with Crippen LogP contribution in [-0.4, -0.2) is 20.4 Å². The van der Waals surface area contributed by atoms with Crippen LogP contribution in [0.2, 0.25) is 0 Å². The number of nitrogens with zero attached hydrogens (tertiary/aromatic N) is 3. The van der Waals surface area contributed by atoms with Crippen LogP contribution in [0.4, 0.5) is 0 Å². The van der Waals surface area contributed by atoms with E-state index in [0.29, 0.717) is 11.4 Å². The van der Waals surface area contributed by atoms with Crippen LogP contribution in [0.3, 0.4) is 0 Å². The van der Waals surface area contributed by atoms with Crippen LogP contribution in [0.5, 0.6) is 0 Å². The number of imidazole rings is 1. The Kier molecular flexibility index (Phi) is 2.91. The van der Waals surface area contributed by atoms with Crippen molar-refractivity contribution in [2.24, 2.45) is 5.73 Å². The summed E-state index contributed by atoms with van der Waals surface area (Å²) in [5.74, 6) is 1.13. The normalized spacial score (nSPS) is 10.5. The highest BCUT2D eigenvalue weighted by atomic mass is 16.1. The van der Waals surface area contributed by atoms with Crippen molar-refractivity contribution in [3.63, 3.8) is 0 Å². The van der Waals surface area contributed by atoms with E-state index in [1.165, 1.54) is 0 Å². The number of hydrogen-bond acceptors (Lipinski definition) is 3. The van der Waals surface area contributed by atoms with Crippen molar-refractivity contribution in [1.29, 1.82) is 0 Å². The second-order valence-electron chi connectivity index (χ2n) is 3.79. The fraction of sp³-hybridized carbons (Fsp3) is 0.250. The molecule has 1 amide bonds. The van der Waals surface area contributed by atoms with Crippen molar-refractivity contribution >= 4 is 5.91 Å². The number of carbonyl (C=O) groups is 1. The average Bonchev–Trinajstić information content (AvgIpc) is 2.76. The molecule has 0 bridgehead atoms. The second-order valence-corrected chi connectivity index (χ2v) is 3.79. The third kappa shape index (κ3) is 2.18. The lowest BCUT2D eigenvalue weighted by molar-refractivity contribution is 0.1000. The van der Waals surface area contributed by atoms with Gasteiger partial charge in [-0.15, -0.1) is 0 Å². The van der Waals surface area contributed by atoms with Gasteiger partial charge in [0.25, 0.3) is 0 Å². The Morgan fingerprint density at radius 3 is 2.88 bits per heavy atom. The first-order valence-electron chi connectivity index (χ1n) is 5.43. The molecule has 2 aromatic rings. The summed E-state index contributed by atoms with van der Waals surface area (Å²) in [7, 11) is 0. The zero-order valence-corrected chi connectivity index (χ0v) is 9.84. The van der Waals surface area contributed by atoms with Gasteiger partial charge in [0, 0.05) is 30.1 Å². The molecule has 5 nitrogen and oxygen atoms in total. The molecule has 0 atom stereocenters. The van der Waals surface area contributed by atoms with E-state index in [0.717, 1.165) is 17.9 Å². The van der Waals surface area contributed by atoms with Gasteiger partial charge in [0.05, 0.1) is 0 Å². The van der Waals surface area contributed by atoms with Gasteiger partial charge in [-0.25, -0.2) is 9.97 Å². The number of aromatic nitrogens is 3. The van der Waals surface area contributed by atoms with Crippen molar-refractivity contribution in [2.75, 3.05) is 0 Å². The molecule has 0 aliphatic heterocycles. The molecule has 0 saturated heterocycles. The number of amides is 1. The molecular weight excluding hydrogens is 216 g/mol. The standard InChI is InChI=1S/C12H14N4O/c1-3-10-14-4-5-16(10)11-7-9(12(13)17)6-8(2)15-11/h4-7H,3H2,1-2H3,(H2,13,17). The lowest BCUT2D eigenvalue weighted by Crippen LogP contribution is -2.13. The fourth-order valence-electron chi connectivity index (χ4n) is 1.72. The smallest absolute Gasteiger partial charge is 0.248 e. The Morgan fingerprint density at radius 1 is 1.47 bits per heavy atom. The molecule has 5 heteroatoms. The SMILES string of the molecule is CCc1nccn1-c1cc(C(N)=O)cc(C)n1. The quantitative estimate of drug-likeness (QED) is 0.862. The molecular formula is C12H14N4O. The lowest BCUT2D eigenvalue weighted by atomic mass is 10.2. The first kappa shape index (κ1) is 11.3. The molecule has 2 aromatic heterocycles. The summed E-state index contributed by atoms with van der Waals surface area (Å²) in [6, 6.07) is 3.35. The number of aryl methyl sites for hydroxylation is 2. The predicted octanol–water partition coefficient (Wildman–Crippen LogP) is 1.24. The molecule has 0 aliphatic carbocycles. The van der Waals surface area contributed by atoms with Gasteiger partial charge in [0.2, 0.25) is 5.91 Å². The Morgan fingerprint density at radius 2 is 2.24 bits per heavy atom. The number of rotatable bonds is 3. The topological polar surface area (TPSA) is 73.8 Å². The highest BCUT2D eigenvalue weighted by molar-refractivity contribution is 5.93. The number of primary amides is 1. The van der Waals surface area contributed by atoms with Gasteiger partial charge >= 0.3 is 0 Å². The molecule has 0 aliphatic rings. The average molecular weight is 230 g/mol.